The largest absolute Gasteiger partial charge is 0.492 e. The number of halogens is 1. The van der Waals surface area contributed by atoms with Crippen LogP contribution in [0.25, 0.3) is 0 Å². The van der Waals surface area contributed by atoms with Gasteiger partial charge in [-0.05, 0) is 0 Å². The average Bonchev–Trinajstić information content (AvgIpc) is 1.97. The first-order valence-corrected chi connectivity index (χ1v) is 4.19. The molecule has 0 saturated carbocycles. The molecule has 0 saturated heterocycles. The fourth-order valence-corrected chi connectivity index (χ4v) is 0.892. The number of H-pyrrole nitrogens is 1. The van der Waals surface area contributed by atoms with Crippen LogP contribution >= 0.6 is 11.6 Å². The van der Waals surface area contributed by atoms with Gasteiger partial charge in [0.2, 0.25) is 5.88 Å². The highest BCUT2D eigenvalue weighted by Gasteiger charge is 2.19. The molecule has 0 aliphatic carbocycles. The zero-order valence-corrected chi connectivity index (χ0v) is 8.44. The smallest absolute Gasteiger partial charge is 0.273 e. The van der Waals surface area contributed by atoms with E-state index < -0.39 is 11.4 Å². The van der Waals surface area contributed by atoms with E-state index in [0.717, 1.165) is 0 Å². The summed E-state index contributed by atoms with van der Waals surface area (Å²) in [5.41, 5.74) is -0.833. The molecule has 0 bridgehead atoms. The molecule has 0 amide bonds. The summed E-state index contributed by atoms with van der Waals surface area (Å²) in [6.07, 6.45) is 0. The van der Waals surface area contributed by atoms with Gasteiger partial charge in [-0.3, -0.25) is 4.79 Å². The zero-order chi connectivity index (χ0) is 10.2. The summed E-state index contributed by atoms with van der Waals surface area (Å²) in [4.78, 5) is 17.4. The molecule has 0 aliphatic heterocycles. The lowest BCUT2D eigenvalue weighted by atomic mass is 9.96. The minimum absolute atomic E-state index is 0.270. The van der Waals surface area contributed by atoms with Crippen molar-refractivity contribution in [3.05, 3.63) is 21.2 Å². The lowest BCUT2D eigenvalue weighted by Crippen LogP contribution is -2.21. The van der Waals surface area contributed by atoms with Gasteiger partial charge in [-0.25, -0.2) is 0 Å². The van der Waals surface area contributed by atoms with Crippen molar-refractivity contribution in [2.75, 3.05) is 0 Å². The maximum absolute atomic E-state index is 11.1. The molecule has 4 nitrogen and oxygen atoms in total. The van der Waals surface area contributed by atoms with Gasteiger partial charge in [0.05, 0.1) is 0 Å². The summed E-state index contributed by atoms with van der Waals surface area (Å²) < 4.78 is 0. The topological polar surface area (TPSA) is 66.0 Å². The van der Waals surface area contributed by atoms with E-state index >= 15 is 0 Å². The minimum atomic E-state index is -0.515. The molecule has 72 valence electrons. The monoisotopic (exact) mass is 202 g/mol. The van der Waals surface area contributed by atoms with Crippen LogP contribution in [0.3, 0.4) is 0 Å². The van der Waals surface area contributed by atoms with Gasteiger partial charge in [0.1, 0.15) is 5.82 Å². The predicted octanol–water partition coefficient (Wildman–Crippen LogP) is 1.43. The van der Waals surface area contributed by atoms with Crippen LogP contribution in [0.1, 0.15) is 26.6 Å². The van der Waals surface area contributed by atoms with Crippen LogP contribution in [0.5, 0.6) is 5.88 Å². The Bertz CT molecular complexity index is 379. The highest BCUT2D eigenvalue weighted by atomic mass is 35.5. The molecule has 0 aromatic carbocycles. The van der Waals surface area contributed by atoms with Crippen LogP contribution in [0.4, 0.5) is 0 Å². The Balaban J connectivity index is 3.38. The van der Waals surface area contributed by atoms with Crippen molar-refractivity contribution < 1.29 is 5.11 Å². The van der Waals surface area contributed by atoms with Gasteiger partial charge in [0.25, 0.3) is 5.56 Å². The van der Waals surface area contributed by atoms with Crippen molar-refractivity contribution in [2.24, 2.45) is 0 Å². The Kier molecular flexibility index (Phi) is 2.34. The number of aromatic nitrogens is 2. The van der Waals surface area contributed by atoms with Crippen LogP contribution in [-0.2, 0) is 5.41 Å². The molecule has 1 rings (SSSR count). The zero-order valence-electron chi connectivity index (χ0n) is 7.68. The number of nitrogens with one attached hydrogen (secondary N) is 1. The molecule has 0 atom stereocenters. The SMILES string of the molecule is CC(C)(C)c1nc(O)c(Cl)c(=O)[nH]1. The standard InChI is InChI=1S/C8H11ClN2O2/c1-8(2,3)7-10-5(12)4(9)6(13)11-7/h1-3H3,(H2,10,11,12,13). The van der Waals surface area contributed by atoms with Gasteiger partial charge in [-0.1, -0.05) is 32.4 Å². The Hall–Kier alpha value is -1.03. The fraction of sp³-hybridized carbons (Fsp3) is 0.500. The van der Waals surface area contributed by atoms with Crippen LogP contribution in [0.2, 0.25) is 5.02 Å². The Labute approximate surface area is 80.6 Å². The molecular formula is C8H11ClN2O2. The molecule has 0 spiro atoms. The third-order valence-corrected chi connectivity index (χ3v) is 1.90. The van der Waals surface area contributed by atoms with Crippen molar-refractivity contribution in [1.82, 2.24) is 9.97 Å². The number of aromatic hydroxyl groups is 1. The number of aromatic amines is 1. The lowest BCUT2D eigenvalue weighted by molar-refractivity contribution is 0.435. The number of rotatable bonds is 0. The molecule has 0 radical (unpaired) electrons. The van der Waals surface area contributed by atoms with Crippen molar-refractivity contribution in [3.63, 3.8) is 0 Å². The Morgan fingerprint density at radius 2 is 2.00 bits per heavy atom. The molecule has 0 unspecified atom stereocenters. The third-order valence-electron chi connectivity index (χ3n) is 1.56. The van der Waals surface area contributed by atoms with Gasteiger partial charge in [0.15, 0.2) is 5.02 Å². The van der Waals surface area contributed by atoms with E-state index in [1.807, 2.05) is 20.8 Å². The molecule has 1 heterocycles. The lowest BCUT2D eigenvalue weighted by Gasteiger charge is -2.16. The van der Waals surface area contributed by atoms with Crippen molar-refractivity contribution >= 4 is 11.6 Å². The third kappa shape index (κ3) is 2.01. The first-order valence-electron chi connectivity index (χ1n) is 3.81. The quantitative estimate of drug-likeness (QED) is 0.669. The average molecular weight is 203 g/mol. The number of hydrogen-bond donors (Lipinski definition) is 2. The highest BCUT2D eigenvalue weighted by Crippen LogP contribution is 2.21. The number of nitrogens with zero attached hydrogens (tertiary/aromatic N) is 1. The summed E-state index contributed by atoms with van der Waals surface area (Å²) in [6.45, 7) is 5.62. The normalized spacial score (nSPS) is 11.7. The second-order valence-corrected chi connectivity index (χ2v) is 4.18. The van der Waals surface area contributed by atoms with E-state index in [0.29, 0.717) is 5.82 Å². The van der Waals surface area contributed by atoms with Crippen molar-refractivity contribution in [1.29, 1.82) is 0 Å². The molecule has 5 heteroatoms. The van der Waals surface area contributed by atoms with Gasteiger partial charge >= 0.3 is 0 Å². The van der Waals surface area contributed by atoms with Crippen LogP contribution in [0, 0.1) is 0 Å². The van der Waals surface area contributed by atoms with Gasteiger partial charge in [0, 0.05) is 5.41 Å². The van der Waals surface area contributed by atoms with Gasteiger partial charge < -0.3 is 10.1 Å². The fourth-order valence-electron chi connectivity index (χ4n) is 0.802. The van der Waals surface area contributed by atoms with E-state index in [4.69, 9.17) is 11.6 Å². The maximum atomic E-state index is 11.1. The van der Waals surface area contributed by atoms with E-state index in [2.05, 4.69) is 9.97 Å². The molecule has 0 fully saturated rings. The van der Waals surface area contributed by atoms with E-state index in [-0.39, 0.29) is 10.4 Å². The van der Waals surface area contributed by atoms with Crippen LogP contribution in [0.15, 0.2) is 4.79 Å². The molecule has 2 N–H and O–H groups in total. The summed E-state index contributed by atoms with van der Waals surface area (Å²) in [5.74, 6) is -0.00487. The second-order valence-electron chi connectivity index (χ2n) is 3.80. The van der Waals surface area contributed by atoms with E-state index in [9.17, 15) is 9.90 Å². The summed E-state index contributed by atoms with van der Waals surface area (Å²) in [5, 5.41) is 8.91. The second kappa shape index (κ2) is 3.03. The van der Waals surface area contributed by atoms with Crippen molar-refractivity contribution in [2.45, 2.75) is 26.2 Å². The van der Waals surface area contributed by atoms with E-state index in [1.54, 1.807) is 0 Å². The molecular weight excluding hydrogens is 192 g/mol. The van der Waals surface area contributed by atoms with Crippen LogP contribution < -0.4 is 5.56 Å². The molecule has 13 heavy (non-hydrogen) atoms. The summed E-state index contributed by atoms with van der Waals surface area (Å²) in [7, 11) is 0. The van der Waals surface area contributed by atoms with Gasteiger partial charge in [-0.2, -0.15) is 4.98 Å². The molecule has 0 aliphatic rings. The Morgan fingerprint density at radius 3 is 2.38 bits per heavy atom. The maximum Gasteiger partial charge on any atom is 0.273 e. The first-order chi connectivity index (χ1) is 5.82. The number of hydrogen-bond acceptors (Lipinski definition) is 3. The van der Waals surface area contributed by atoms with Crippen molar-refractivity contribution in [3.8, 4) is 5.88 Å². The molecule has 1 aromatic heterocycles. The van der Waals surface area contributed by atoms with Gasteiger partial charge in [-0.15, -0.1) is 0 Å². The molecule has 1 aromatic rings. The summed E-state index contributed by atoms with van der Waals surface area (Å²) >= 11 is 5.44. The van der Waals surface area contributed by atoms with E-state index in [1.165, 1.54) is 0 Å². The predicted molar refractivity (Wildman–Crippen MR) is 50.2 cm³/mol. The minimum Gasteiger partial charge on any atom is -0.492 e. The van der Waals surface area contributed by atoms with Crippen LogP contribution in [-0.4, -0.2) is 15.1 Å². The first kappa shape index (κ1) is 10.1. The highest BCUT2D eigenvalue weighted by molar-refractivity contribution is 6.31. The summed E-state index contributed by atoms with van der Waals surface area (Å²) in [6, 6.07) is 0. The Morgan fingerprint density at radius 1 is 1.46 bits per heavy atom.